The minimum Gasteiger partial charge on any atom is -0.340 e. The smallest absolute Gasteiger partial charge is 0.222 e. The molecule has 0 radical (unpaired) electrons. The van der Waals surface area contributed by atoms with Crippen molar-refractivity contribution in [2.75, 3.05) is 26.2 Å². The number of nitrogens with zero attached hydrogens (tertiary/aromatic N) is 3. The van der Waals surface area contributed by atoms with Crippen LogP contribution >= 0.6 is 0 Å². The molecule has 0 spiro atoms. The van der Waals surface area contributed by atoms with Gasteiger partial charge in [-0.3, -0.25) is 14.7 Å². The highest BCUT2D eigenvalue weighted by atomic mass is 16.2. The highest BCUT2D eigenvalue weighted by molar-refractivity contribution is 5.76. The van der Waals surface area contributed by atoms with Crippen LogP contribution in [-0.4, -0.2) is 46.9 Å². The Morgan fingerprint density at radius 3 is 2.46 bits per heavy atom. The minimum absolute atomic E-state index is 0.271. The zero-order valence-corrected chi connectivity index (χ0v) is 14.3. The molecule has 0 saturated carbocycles. The lowest BCUT2D eigenvalue weighted by atomic mass is 10.1. The number of aryl methyl sites for hydroxylation is 2. The second-order valence-electron chi connectivity index (χ2n) is 6.46. The van der Waals surface area contributed by atoms with Crippen molar-refractivity contribution in [3.63, 3.8) is 0 Å². The second kappa shape index (κ2) is 8.06. The van der Waals surface area contributed by atoms with Gasteiger partial charge >= 0.3 is 0 Å². The molecular formula is C20H25N3O. The molecule has 24 heavy (non-hydrogen) atoms. The van der Waals surface area contributed by atoms with Gasteiger partial charge in [-0.25, -0.2) is 0 Å². The molecule has 0 aliphatic carbocycles. The Morgan fingerprint density at radius 1 is 1.04 bits per heavy atom. The van der Waals surface area contributed by atoms with Crippen LogP contribution < -0.4 is 0 Å². The summed E-state index contributed by atoms with van der Waals surface area (Å²) in [6.07, 6.45) is 3.26. The van der Waals surface area contributed by atoms with Crippen molar-refractivity contribution < 1.29 is 4.79 Å². The molecule has 0 bridgehead atoms. The van der Waals surface area contributed by atoms with Crippen molar-refractivity contribution in [2.45, 2.75) is 26.3 Å². The molecule has 1 aromatic carbocycles. The number of piperazine rings is 1. The summed E-state index contributed by atoms with van der Waals surface area (Å²) in [5.74, 6) is 0.271. The van der Waals surface area contributed by atoms with Crippen molar-refractivity contribution in [2.24, 2.45) is 0 Å². The lowest BCUT2D eigenvalue weighted by Gasteiger charge is -2.34. The Balaban J connectivity index is 1.42. The fourth-order valence-corrected chi connectivity index (χ4v) is 3.04. The monoisotopic (exact) mass is 323 g/mol. The van der Waals surface area contributed by atoms with Crippen LogP contribution in [0.2, 0.25) is 0 Å². The van der Waals surface area contributed by atoms with E-state index in [1.54, 1.807) is 0 Å². The Morgan fingerprint density at radius 2 is 1.79 bits per heavy atom. The van der Waals surface area contributed by atoms with Crippen LogP contribution in [0.15, 0.2) is 48.7 Å². The Bertz CT molecular complexity index is 646. The minimum atomic E-state index is 0.271. The molecule has 0 unspecified atom stereocenters. The van der Waals surface area contributed by atoms with E-state index in [1.807, 2.05) is 23.2 Å². The molecule has 2 aromatic rings. The van der Waals surface area contributed by atoms with Crippen molar-refractivity contribution in [3.05, 3.63) is 65.5 Å². The van der Waals surface area contributed by atoms with Gasteiger partial charge in [0.05, 0.1) is 5.69 Å². The first-order valence-corrected chi connectivity index (χ1v) is 8.66. The van der Waals surface area contributed by atoms with Crippen molar-refractivity contribution in [1.82, 2.24) is 14.8 Å². The molecule has 0 N–H and O–H groups in total. The number of rotatable bonds is 5. The van der Waals surface area contributed by atoms with Crippen LogP contribution in [0, 0.1) is 6.92 Å². The molecule has 1 fully saturated rings. The third-order valence-electron chi connectivity index (χ3n) is 4.58. The summed E-state index contributed by atoms with van der Waals surface area (Å²) in [6.45, 7) is 6.43. The number of pyridine rings is 1. The second-order valence-corrected chi connectivity index (χ2v) is 6.46. The molecule has 0 atom stereocenters. The van der Waals surface area contributed by atoms with Crippen molar-refractivity contribution >= 4 is 5.91 Å². The maximum absolute atomic E-state index is 12.4. The zero-order valence-electron chi connectivity index (χ0n) is 14.3. The molecule has 1 aliphatic heterocycles. The summed E-state index contributed by atoms with van der Waals surface area (Å²) < 4.78 is 0. The van der Waals surface area contributed by atoms with Gasteiger partial charge in [0.1, 0.15) is 0 Å². The van der Waals surface area contributed by atoms with E-state index in [2.05, 4.69) is 47.1 Å². The number of amides is 1. The SMILES string of the molecule is Cc1ccc(CCC(=O)N2CCN(Cc3ccccn3)CC2)cc1. The third-order valence-corrected chi connectivity index (χ3v) is 4.58. The lowest BCUT2D eigenvalue weighted by Crippen LogP contribution is -2.48. The average molecular weight is 323 g/mol. The summed E-state index contributed by atoms with van der Waals surface area (Å²) in [6, 6.07) is 14.5. The van der Waals surface area contributed by atoms with E-state index in [1.165, 1.54) is 11.1 Å². The topological polar surface area (TPSA) is 36.4 Å². The lowest BCUT2D eigenvalue weighted by molar-refractivity contribution is -0.133. The normalized spacial score (nSPS) is 15.5. The highest BCUT2D eigenvalue weighted by Gasteiger charge is 2.20. The summed E-state index contributed by atoms with van der Waals surface area (Å²) in [5.41, 5.74) is 3.59. The van der Waals surface area contributed by atoms with E-state index in [0.29, 0.717) is 6.42 Å². The zero-order chi connectivity index (χ0) is 16.8. The standard InChI is InChI=1S/C20H25N3O/c1-17-5-7-18(8-6-17)9-10-20(24)23-14-12-22(13-15-23)16-19-4-2-3-11-21-19/h2-8,11H,9-10,12-16H2,1H3. The van der Waals surface area contributed by atoms with Crippen LogP contribution in [0.5, 0.6) is 0 Å². The number of aromatic nitrogens is 1. The van der Waals surface area contributed by atoms with Crippen LogP contribution in [0.4, 0.5) is 0 Å². The van der Waals surface area contributed by atoms with E-state index < -0.39 is 0 Å². The number of carbonyl (C=O) groups excluding carboxylic acids is 1. The van der Waals surface area contributed by atoms with Crippen molar-refractivity contribution in [3.8, 4) is 0 Å². The van der Waals surface area contributed by atoms with Gasteiger partial charge in [0, 0.05) is 45.3 Å². The summed E-state index contributed by atoms with van der Waals surface area (Å²) in [5, 5.41) is 0. The molecule has 4 heteroatoms. The van der Waals surface area contributed by atoms with Crippen LogP contribution in [0.25, 0.3) is 0 Å². The molecule has 4 nitrogen and oxygen atoms in total. The van der Waals surface area contributed by atoms with Gasteiger partial charge < -0.3 is 4.90 Å². The van der Waals surface area contributed by atoms with Gasteiger partial charge in [-0.2, -0.15) is 0 Å². The Hall–Kier alpha value is -2.20. The van der Waals surface area contributed by atoms with Gasteiger partial charge in [0.15, 0.2) is 0 Å². The van der Waals surface area contributed by atoms with Crippen molar-refractivity contribution in [1.29, 1.82) is 0 Å². The first-order valence-electron chi connectivity index (χ1n) is 8.66. The van der Waals surface area contributed by atoms with E-state index >= 15 is 0 Å². The summed E-state index contributed by atoms with van der Waals surface area (Å²) in [4.78, 5) is 21.1. The maximum atomic E-state index is 12.4. The Kier molecular flexibility index (Phi) is 5.59. The van der Waals surface area contributed by atoms with Gasteiger partial charge in [0.2, 0.25) is 5.91 Å². The van der Waals surface area contributed by atoms with Crippen LogP contribution in [0.1, 0.15) is 23.2 Å². The molecular weight excluding hydrogens is 298 g/mol. The number of hydrogen-bond acceptors (Lipinski definition) is 3. The quantitative estimate of drug-likeness (QED) is 0.849. The van der Waals surface area contributed by atoms with Gasteiger partial charge in [-0.1, -0.05) is 35.9 Å². The molecule has 1 saturated heterocycles. The predicted octanol–water partition coefficient (Wildman–Crippen LogP) is 2.67. The molecule has 2 heterocycles. The average Bonchev–Trinajstić information content (AvgIpc) is 2.62. The number of benzene rings is 1. The van der Waals surface area contributed by atoms with Gasteiger partial charge in [-0.05, 0) is 31.0 Å². The first-order chi connectivity index (χ1) is 11.7. The van der Waals surface area contributed by atoms with E-state index in [-0.39, 0.29) is 5.91 Å². The maximum Gasteiger partial charge on any atom is 0.222 e. The van der Waals surface area contributed by atoms with Gasteiger partial charge in [-0.15, -0.1) is 0 Å². The van der Waals surface area contributed by atoms with Crippen LogP contribution in [-0.2, 0) is 17.8 Å². The predicted molar refractivity (Wildman–Crippen MR) is 95.6 cm³/mol. The van der Waals surface area contributed by atoms with Crippen LogP contribution in [0.3, 0.4) is 0 Å². The molecule has 1 aliphatic rings. The number of hydrogen-bond donors (Lipinski definition) is 0. The van der Waals surface area contributed by atoms with E-state index in [0.717, 1.165) is 44.8 Å². The first kappa shape index (κ1) is 16.7. The molecule has 3 rings (SSSR count). The van der Waals surface area contributed by atoms with E-state index in [9.17, 15) is 4.79 Å². The molecule has 126 valence electrons. The third kappa shape index (κ3) is 4.65. The fourth-order valence-electron chi connectivity index (χ4n) is 3.04. The number of carbonyl (C=O) groups is 1. The summed E-state index contributed by atoms with van der Waals surface area (Å²) in [7, 11) is 0. The van der Waals surface area contributed by atoms with E-state index in [4.69, 9.17) is 0 Å². The van der Waals surface area contributed by atoms with Gasteiger partial charge in [0.25, 0.3) is 0 Å². The molecule has 1 aromatic heterocycles. The Labute approximate surface area is 144 Å². The molecule has 1 amide bonds. The summed E-state index contributed by atoms with van der Waals surface area (Å²) >= 11 is 0. The fraction of sp³-hybridized carbons (Fsp3) is 0.400. The largest absolute Gasteiger partial charge is 0.340 e. The highest BCUT2D eigenvalue weighted by Crippen LogP contribution is 2.10.